The Morgan fingerprint density at radius 3 is 1.65 bits per heavy atom. The molecular formula is C49H28N6. The lowest BCUT2D eigenvalue weighted by molar-refractivity contribution is 0.979. The molecule has 13 aromatic rings. The van der Waals surface area contributed by atoms with Crippen LogP contribution in [0.4, 0.5) is 0 Å². The molecule has 5 aromatic heterocycles. The molecule has 0 spiro atoms. The summed E-state index contributed by atoms with van der Waals surface area (Å²) in [5, 5.41) is 9.40. The Morgan fingerprint density at radius 1 is 0.327 bits per heavy atom. The van der Waals surface area contributed by atoms with Crippen LogP contribution in [0.3, 0.4) is 0 Å². The Morgan fingerprint density at radius 2 is 0.873 bits per heavy atom. The minimum absolute atomic E-state index is 0.814. The van der Waals surface area contributed by atoms with Crippen molar-refractivity contribution < 1.29 is 0 Å². The van der Waals surface area contributed by atoms with Crippen molar-refractivity contribution in [3.8, 4) is 17.1 Å². The van der Waals surface area contributed by atoms with Crippen LogP contribution >= 0.6 is 0 Å². The average Bonchev–Trinajstić information content (AvgIpc) is 3.93. The standard InChI is InChI=1S/C49H28N6/c1-2-12-32-29(11-1)21-26-36-35-25-23-30(27-44(35)53-42-19-9-6-16-39(42)51-48(53)46(32)36)31-22-24-34-33-13-4-8-18-41(33)54(45(34)28-31)49-52-38-15-5-3-14-37(38)47-50-40-17-7-10-20-43(40)55(47)49/h1-28H. The molecule has 0 aliphatic heterocycles. The zero-order valence-corrected chi connectivity index (χ0v) is 29.3. The van der Waals surface area contributed by atoms with Crippen LogP contribution in [0.15, 0.2) is 170 Å². The van der Waals surface area contributed by atoms with Gasteiger partial charge in [-0.05, 0) is 81.9 Å². The van der Waals surface area contributed by atoms with Gasteiger partial charge in [0.25, 0.3) is 0 Å². The van der Waals surface area contributed by atoms with E-state index < -0.39 is 0 Å². The highest BCUT2D eigenvalue weighted by molar-refractivity contribution is 6.23. The van der Waals surface area contributed by atoms with E-state index in [1.54, 1.807) is 0 Å². The number of rotatable bonds is 2. The third kappa shape index (κ3) is 3.84. The van der Waals surface area contributed by atoms with E-state index in [4.69, 9.17) is 15.0 Å². The zero-order chi connectivity index (χ0) is 35.8. The molecule has 0 saturated heterocycles. The number of hydrogen-bond acceptors (Lipinski definition) is 3. The molecule has 6 heteroatoms. The summed E-state index contributed by atoms with van der Waals surface area (Å²) < 4.78 is 6.91. The molecule has 5 heterocycles. The summed E-state index contributed by atoms with van der Waals surface area (Å²) in [6.45, 7) is 0. The summed E-state index contributed by atoms with van der Waals surface area (Å²) in [6, 6.07) is 60.6. The van der Waals surface area contributed by atoms with Crippen molar-refractivity contribution in [2.45, 2.75) is 0 Å². The molecule has 0 saturated carbocycles. The van der Waals surface area contributed by atoms with Crippen molar-refractivity contribution in [2.24, 2.45) is 0 Å². The molecule has 0 bridgehead atoms. The smallest absolute Gasteiger partial charge is 0.221 e. The first-order valence-corrected chi connectivity index (χ1v) is 18.6. The van der Waals surface area contributed by atoms with Crippen LogP contribution in [0.25, 0.3) is 116 Å². The summed E-state index contributed by atoms with van der Waals surface area (Å²) in [4.78, 5) is 15.8. The quantitative estimate of drug-likeness (QED) is 0.169. The van der Waals surface area contributed by atoms with E-state index in [-0.39, 0.29) is 0 Å². The van der Waals surface area contributed by atoms with Gasteiger partial charge in [-0.3, -0.25) is 13.4 Å². The number of benzene rings is 8. The monoisotopic (exact) mass is 700 g/mol. The van der Waals surface area contributed by atoms with Gasteiger partial charge in [0.2, 0.25) is 5.95 Å². The van der Waals surface area contributed by atoms with Crippen molar-refractivity contribution in [3.05, 3.63) is 170 Å². The number of hydrogen-bond donors (Lipinski definition) is 0. The van der Waals surface area contributed by atoms with E-state index in [1.165, 1.54) is 37.7 Å². The highest BCUT2D eigenvalue weighted by atomic mass is 15.2. The van der Waals surface area contributed by atoms with Gasteiger partial charge in [0.15, 0.2) is 0 Å². The summed E-state index contributed by atoms with van der Waals surface area (Å²) in [5.74, 6) is 0.814. The van der Waals surface area contributed by atoms with Gasteiger partial charge in [-0.15, -0.1) is 0 Å². The first-order valence-electron chi connectivity index (χ1n) is 18.6. The minimum atomic E-state index is 0.814. The number of fused-ring (bicyclic) bond motifs is 18. The third-order valence-corrected chi connectivity index (χ3v) is 11.6. The molecule has 0 unspecified atom stereocenters. The van der Waals surface area contributed by atoms with Crippen LogP contribution in [0, 0.1) is 0 Å². The maximum absolute atomic E-state index is 5.40. The van der Waals surface area contributed by atoms with Gasteiger partial charge in [-0.2, -0.15) is 0 Å². The van der Waals surface area contributed by atoms with E-state index in [2.05, 4.69) is 171 Å². The Hall–Kier alpha value is -7.57. The van der Waals surface area contributed by atoms with Crippen LogP contribution < -0.4 is 0 Å². The molecule has 0 N–H and O–H groups in total. The topological polar surface area (TPSA) is 52.4 Å². The second-order valence-electron chi connectivity index (χ2n) is 14.5. The van der Waals surface area contributed by atoms with Crippen molar-refractivity contribution in [1.82, 2.24) is 28.3 Å². The summed E-state index contributed by atoms with van der Waals surface area (Å²) in [5.41, 5.74) is 12.4. The van der Waals surface area contributed by atoms with E-state index in [0.29, 0.717) is 0 Å². The zero-order valence-electron chi connectivity index (χ0n) is 29.3. The Kier molecular flexibility index (Phi) is 5.54. The molecule has 55 heavy (non-hydrogen) atoms. The van der Waals surface area contributed by atoms with Crippen LogP contribution in [0.1, 0.15) is 0 Å². The lowest BCUT2D eigenvalue weighted by atomic mass is 9.97. The van der Waals surface area contributed by atoms with Crippen molar-refractivity contribution in [1.29, 1.82) is 0 Å². The van der Waals surface area contributed by atoms with E-state index in [1.807, 2.05) is 12.1 Å². The Labute approximate surface area is 312 Å². The van der Waals surface area contributed by atoms with Crippen LogP contribution in [0.5, 0.6) is 0 Å². The van der Waals surface area contributed by atoms with E-state index >= 15 is 0 Å². The predicted octanol–water partition coefficient (Wildman–Crippen LogP) is 12.1. The predicted molar refractivity (Wildman–Crippen MR) is 227 cm³/mol. The second-order valence-corrected chi connectivity index (χ2v) is 14.5. The number of aromatic nitrogens is 6. The average molecular weight is 701 g/mol. The van der Waals surface area contributed by atoms with Crippen LogP contribution in [-0.4, -0.2) is 28.3 Å². The number of imidazole rings is 2. The fourth-order valence-electron chi connectivity index (χ4n) is 9.14. The summed E-state index contributed by atoms with van der Waals surface area (Å²) in [7, 11) is 0. The van der Waals surface area contributed by atoms with Crippen molar-refractivity contribution in [3.63, 3.8) is 0 Å². The molecule has 6 nitrogen and oxygen atoms in total. The SMILES string of the molecule is c1ccc2c(c1)ccc1c3ccc(-c4ccc5c6ccccc6n(-c6nc7ccccc7c7nc8ccccc8n67)c5c4)cc3n3c4ccccc4nc3c21. The molecule has 0 amide bonds. The number of nitrogens with zero attached hydrogens (tertiary/aromatic N) is 6. The first-order chi connectivity index (χ1) is 27.3. The molecule has 0 aliphatic carbocycles. The van der Waals surface area contributed by atoms with Gasteiger partial charge in [0.05, 0.1) is 44.1 Å². The highest BCUT2D eigenvalue weighted by Crippen LogP contribution is 2.40. The fraction of sp³-hybridized carbons (Fsp3) is 0. The normalized spacial score (nSPS) is 12.4. The molecule has 254 valence electrons. The third-order valence-electron chi connectivity index (χ3n) is 11.6. The van der Waals surface area contributed by atoms with Gasteiger partial charge in [-0.1, -0.05) is 115 Å². The van der Waals surface area contributed by atoms with Gasteiger partial charge in [0, 0.05) is 26.9 Å². The molecule has 0 fully saturated rings. The maximum atomic E-state index is 5.40. The van der Waals surface area contributed by atoms with Crippen LogP contribution in [-0.2, 0) is 0 Å². The van der Waals surface area contributed by atoms with Gasteiger partial charge in [-0.25, -0.2) is 15.0 Å². The fourth-order valence-corrected chi connectivity index (χ4v) is 9.14. The van der Waals surface area contributed by atoms with E-state index in [0.717, 1.165) is 77.9 Å². The van der Waals surface area contributed by atoms with Gasteiger partial charge < -0.3 is 0 Å². The molecule has 0 aliphatic rings. The molecule has 8 aromatic carbocycles. The van der Waals surface area contributed by atoms with Crippen LogP contribution in [0.2, 0.25) is 0 Å². The van der Waals surface area contributed by atoms with Gasteiger partial charge in [0.1, 0.15) is 11.3 Å². The minimum Gasteiger partial charge on any atom is -0.292 e. The van der Waals surface area contributed by atoms with Crippen molar-refractivity contribution in [2.75, 3.05) is 0 Å². The Bertz CT molecular complexity index is 3790. The van der Waals surface area contributed by atoms with E-state index in [9.17, 15) is 0 Å². The van der Waals surface area contributed by atoms with Crippen molar-refractivity contribution >= 4 is 98.5 Å². The molecular weight excluding hydrogens is 673 g/mol. The summed E-state index contributed by atoms with van der Waals surface area (Å²) in [6.07, 6.45) is 0. The largest absolute Gasteiger partial charge is 0.292 e. The molecule has 0 radical (unpaired) electrons. The Balaban J connectivity index is 1.13. The molecule has 0 atom stereocenters. The maximum Gasteiger partial charge on any atom is 0.221 e. The number of para-hydroxylation sites is 6. The lowest BCUT2D eigenvalue weighted by Crippen LogP contribution is -2.06. The first kappa shape index (κ1) is 28.9. The summed E-state index contributed by atoms with van der Waals surface area (Å²) >= 11 is 0. The van der Waals surface area contributed by atoms with Gasteiger partial charge >= 0.3 is 0 Å². The highest BCUT2D eigenvalue weighted by Gasteiger charge is 2.21. The second kappa shape index (κ2) is 10.5. The lowest BCUT2D eigenvalue weighted by Gasteiger charge is -2.14. The number of pyridine rings is 1. The molecule has 13 rings (SSSR count).